The molecule has 0 radical (unpaired) electrons. The molecule has 1 heterocycles. The number of nitrogens with one attached hydrogen (secondary N) is 1. The Morgan fingerprint density at radius 2 is 1.89 bits per heavy atom. The molecule has 0 fully saturated rings. The number of carbonyl (C=O) groups excluding carboxylic acids is 1. The van der Waals surface area contributed by atoms with E-state index in [9.17, 15) is 18.0 Å². The number of rotatable bonds is 2. The summed E-state index contributed by atoms with van der Waals surface area (Å²) >= 11 is 0. The fourth-order valence-electron chi connectivity index (χ4n) is 1.57. The Balaban J connectivity index is 2.19. The number of benzene rings is 1. The number of amides is 1. The number of carbonyl (C=O) groups is 1. The van der Waals surface area contributed by atoms with Gasteiger partial charge in [-0.05, 0) is 12.1 Å². The highest BCUT2D eigenvalue weighted by Gasteiger charge is 2.35. The molecule has 0 unspecified atom stereocenters. The highest BCUT2D eigenvalue weighted by Crippen LogP contribution is 2.30. The van der Waals surface area contributed by atoms with Gasteiger partial charge in [0.2, 0.25) is 0 Å². The van der Waals surface area contributed by atoms with Crippen molar-refractivity contribution in [3.63, 3.8) is 0 Å². The van der Waals surface area contributed by atoms with Gasteiger partial charge in [0.1, 0.15) is 5.69 Å². The van der Waals surface area contributed by atoms with E-state index in [0.717, 1.165) is 6.07 Å². The number of halogens is 3. The van der Waals surface area contributed by atoms with Gasteiger partial charge >= 0.3 is 6.18 Å². The molecule has 1 aromatic carbocycles. The second-order valence-corrected chi connectivity index (χ2v) is 3.86. The number of aryl methyl sites for hydroxylation is 1. The Morgan fingerprint density at radius 1 is 1.26 bits per heavy atom. The molecular weight excluding hydrogens is 259 g/mol. The minimum atomic E-state index is -4.50. The zero-order chi connectivity index (χ0) is 14.0. The molecule has 0 aliphatic carbocycles. The first-order valence-electron chi connectivity index (χ1n) is 5.35. The molecular formula is C12H10F3N3O. The van der Waals surface area contributed by atoms with E-state index >= 15 is 0 Å². The normalized spacial score (nSPS) is 11.4. The van der Waals surface area contributed by atoms with Crippen molar-refractivity contribution >= 4 is 11.7 Å². The Labute approximate surface area is 106 Å². The average molecular weight is 269 g/mol. The molecule has 0 atom stereocenters. The lowest BCUT2D eigenvalue weighted by atomic mass is 10.2. The van der Waals surface area contributed by atoms with Crippen LogP contribution in [-0.2, 0) is 13.2 Å². The van der Waals surface area contributed by atoms with Gasteiger partial charge in [-0.2, -0.15) is 18.3 Å². The van der Waals surface area contributed by atoms with Crippen molar-refractivity contribution in [1.82, 2.24) is 9.78 Å². The fraction of sp³-hybridized carbons (Fsp3) is 0.167. The van der Waals surface area contributed by atoms with Crippen LogP contribution in [0, 0.1) is 0 Å². The minimum absolute atomic E-state index is 0.135. The number of nitrogens with zero attached hydrogens (tertiary/aromatic N) is 2. The van der Waals surface area contributed by atoms with E-state index in [1.807, 2.05) is 0 Å². The molecule has 2 rings (SSSR count). The summed E-state index contributed by atoms with van der Waals surface area (Å²) in [5.41, 5.74) is -0.572. The first-order chi connectivity index (χ1) is 8.88. The summed E-state index contributed by atoms with van der Waals surface area (Å²) in [4.78, 5) is 11.7. The summed E-state index contributed by atoms with van der Waals surface area (Å²) in [7, 11) is 1.17. The van der Waals surface area contributed by atoms with Crippen molar-refractivity contribution in [2.24, 2.45) is 7.05 Å². The molecule has 19 heavy (non-hydrogen) atoms. The highest BCUT2D eigenvalue weighted by atomic mass is 19.4. The van der Waals surface area contributed by atoms with E-state index in [2.05, 4.69) is 10.4 Å². The standard InChI is InChI=1S/C12H10F3N3O/c1-18-9(12(13,14)15)7-10(17-18)16-11(19)8-5-3-2-4-6-8/h2-7H,1H3,(H,16,17,19). The van der Waals surface area contributed by atoms with Gasteiger partial charge < -0.3 is 5.32 Å². The zero-order valence-corrected chi connectivity index (χ0v) is 9.90. The van der Waals surface area contributed by atoms with Gasteiger partial charge in [-0.3, -0.25) is 9.48 Å². The number of hydrogen-bond acceptors (Lipinski definition) is 2. The lowest BCUT2D eigenvalue weighted by Crippen LogP contribution is -2.12. The average Bonchev–Trinajstić information content (AvgIpc) is 2.71. The maximum Gasteiger partial charge on any atom is 0.433 e. The van der Waals surface area contributed by atoms with E-state index in [4.69, 9.17) is 0 Å². The molecule has 7 heteroatoms. The number of alkyl halides is 3. The predicted molar refractivity (Wildman–Crippen MR) is 62.6 cm³/mol. The second-order valence-electron chi connectivity index (χ2n) is 3.86. The van der Waals surface area contributed by atoms with Gasteiger partial charge in [-0.1, -0.05) is 18.2 Å². The maximum absolute atomic E-state index is 12.5. The van der Waals surface area contributed by atoms with Gasteiger partial charge in [0.05, 0.1) is 0 Å². The Bertz CT molecular complexity index is 590. The summed E-state index contributed by atoms with van der Waals surface area (Å²) in [5.74, 6) is -0.642. The van der Waals surface area contributed by atoms with Crippen LogP contribution in [0.2, 0.25) is 0 Å². The summed E-state index contributed by atoms with van der Waals surface area (Å²) in [5, 5.41) is 5.93. The molecule has 100 valence electrons. The third-order valence-corrected chi connectivity index (χ3v) is 2.45. The van der Waals surface area contributed by atoms with Gasteiger partial charge in [0.15, 0.2) is 5.82 Å². The molecule has 0 spiro atoms. The van der Waals surface area contributed by atoms with Gasteiger partial charge in [-0.25, -0.2) is 0 Å². The van der Waals surface area contributed by atoms with Crippen LogP contribution < -0.4 is 5.32 Å². The van der Waals surface area contributed by atoms with Crippen LogP contribution in [0.4, 0.5) is 19.0 Å². The molecule has 2 aromatic rings. The van der Waals surface area contributed by atoms with Gasteiger partial charge in [0.25, 0.3) is 5.91 Å². The molecule has 0 saturated heterocycles. The van der Waals surface area contributed by atoms with Crippen LogP contribution in [0.15, 0.2) is 36.4 Å². The van der Waals surface area contributed by atoms with Crippen LogP contribution in [0.1, 0.15) is 16.1 Å². The van der Waals surface area contributed by atoms with Gasteiger partial charge in [-0.15, -0.1) is 0 Å². The third kappa shape index (κ3) is 2.93. The van der Waals surface area contributed by atoms with Crippen LogP contribution in [-0.4, -0.2) is 15.7 Å². The largest absolute Gasteiger partial charge is 0.433 e. The number of aromatic nitrogens is 2. The smallest absolute Gasteiger partial charge is 0.305 e. The SMILES string of the molecule is Cn1nc(NC(=O)c2ccccc2)cc1C(F)(F)F. The van der Waals surface area contributed by atoms with Crippen molar-refractivity contribution in [3.8, 4) is 0 Å². The van der Waals surface area contributed by atoms with Crippen molar-refractivity contribution in [2.75, 3.05) is 5.32 Å². The Morgan fingerprint density at radius 3 is 2.42 bits per heavy atom. The van der Waals surface area contributed by atoms with Gasteiger partial charge in [0, 0.05) is 18.7 Å². The van der Waals surface area contributed by atoms with E-state index in [1.165, 1.54) is 7.05 Å². The fourth-order valence-corrected chi connectivity index (χ4v) is 1.57. The monoisotopic (exact) mass is 269 g/mol. The minimum Gasteiger partial charge on any atom is -0.305 e. The molecule has 0 saturated carbocycles. The van der Waals surface area contributed by atoms with E-state index in [0.29, 0.717) is 10.2 Å². The van der Waals surface area contributed by atoms with Crippen molar-refractivity contribution in [1.29, 1.82) is 0 Å². The van der Waals surface area contributed by atoms with Crippen molar-refractivity contribution in [2.45, 2.75) is 6.18 Å². The van der Waals surface area contributed by atoms with Crippen LogP contribution >= 0.6 is 0 Å². The summed E-state index contributed by atoms with van der Waals surface area (Å²) in [6.07, 6.45) is -4.50. The molecule has 0 aliphatic rings. The summed E-state index contributed by atoms with van der Waals surface area (Å²) in [6, 6.07) is 8.97. The summed E-state index contributed by atoms with van der Waals surface area (Å²) < 4.78 is 38.3. The molecule has 0 bridgehead atoms. The van der Waals surface area contributed by atoms with Crippen LogP contribution in [0.5, 0.6) is 0 Å². The van der Waals surface area contributed by atoms with E-state index in [-0.39, 0.29) is 5.82 Å². The Kier molecular flexibility index (Phi) is 3.28. The molecule has 1 amide bonds. The first kappa shape index (κ1) is 13.1. The molecule has 1 N–H and O–H groups in total. The summed E-state index contributed by atoms with van der Waals surface area (Å²) in [6.45, 7) is 0. The quantitative estimate of drug-likeness (QED) is 0.911. The maximum atomic E-state index is 12.5. The number of anilines is 1. The number of hydrogen-bond donors (Lipinski definition) is 1. The Hall–Kier alpha value is -2.31. The second kappa shape index (κ2) is 4.75. The van der Waals surface area contributed by atoms with E-state index in [1.54, 1.807) is 30.3 Å². The highest BCUT2D eigenvalue weighted by molar-refractivity contribution is 6.03. The first-order valence-corrected chi connectivity index (χ1v) is 5.35. The van der Waals surface area contributed by atoms with Crippen molar-refractivity contribution < 1.29 is 18.0 Å². The van der Waals surface area contributed by atoms with Crippen LogP contribution in [0.25, 0.3) is 0 Å². The van der Waals surface area contributed by atoms with Crippen molar-refractivity contribution in [3.05, 3.63) is 47.7 Å². The molecule has 4 nitrogen and oxygen atoms in total. The lowest BCUT2D eigenvalue weighted by Gasteiger charge is -2.04. The van der Waals surface area contributed by atoms with E-state index < -0.39 is 17.8 Å². The lowest BCUT2D eigenvalue weighted by molar-refractivity contribution is -0.143. The zero-order valence-electron chi connectivity index (χ0n) is 9.90. The predicted octanol–water partition coefficient (Wildman–Crippen LogP) is 2.69. The third-order valence-electron chi connectivity index (χ3n) is 2.45. The topological polar surface area (TPSA) is 46.9 Å². The molecule has 0 aliphatic heterocycles. The molecule has 1 aromatic heterocycles. The van der Waals surface area contributed by atoms with Crippen LogP contribution in [0.3, 0.4) is 0 Å².